The molecule has 4 N–H and O–H groups in total. The van der Waals surface area contributed by atoms with E-state index in [1.807, 2.05) is 6.92 Å². The second-order valence-electron chi connectivity index (χ2n) is 6.49. The van der Waals surface area contributed by atoms with Crippen LogP contribution in [0.3, 0.4) is 0 Å². The summed E-state index contributed by atoms with van der Waals surface area (Å²) in [6.07, 6.45) is 5.36. The molecule has 10 heteroatoms. The van der Waals surface area contributed by atoms with Gasteiger partial charge in [-0.2, -0.15) is 9.61 Å². The molecule has 10 nitrogen and oxygen atoms in total. The predicted octanol–water partition coefficient (Wildman–Crippen LogP) is 0.875. The van der Waals surface area contributed by atoms with Gasteiger partial charge in [0.2, 0.25) is 5.91 Å². The Morgan fingerprint density at radius 1 is 1.41 bits per heavy atom. The summed E-state index contributed by atoms with van der Waals surface area (Å²) in [4.78, 5) is 39.6. The van der Waals surface area contributed by atoms with Crippen molar-refractivity contribution < 1.29 is 14.4 Å². The molecule has 27 heavy (non-hydrogen) atoms. The third-order valence-corrected chi connectivity index (χ3v) is 4.23. The van der Waals surface area contributed by atoms with Gasteiger partial charge in [0.15, 0.2) is 5.65 Å². The zero-order valence-electron chi connectivity index (χ0n) is 14.7. The van der Waals surface area contributed by atoms with E-state index in [9.17, 15) is 14.4 Å². The van der Waals surface area contributed by atoms with Crippen LogP contribution in [0.4, 0.5) is 16.4 Å². The minimum atomic E-state index is -0.410. The van der Waals surface area contributed by atoms with Gasteiger partial charge < -0.3 is 10.6 Å². The van der Waals surface area contributed by atoms with Crippen LogP contribution in [0.5, 0.6) is 0 Å². The molecule has 2 aliphatic rings. The van der Waals surface area contributed by atoms with Crippen LogP contribution in [0.2, 0.25) is 0 Å². The Hall–Kier alpha value is -3.43. The number of carbonyl (C=O) groups excluding carboxylic acids is 3. The van der Waals surface area contributed by atoms with Crippen molar-refractivity contribution in [1.29, 1.82) is 0 Å². The van der Waals surface area contributed by atoms with Crippen LogP contribution in [0, 0.1) is 0 Å². The number of nitrogens with zero attached hydrogens (tertiary/aromatic N) is 3. The van der Waals surface area contributed by atoms with Gasteiger partial charge in [-0.05, 0) is 25.8 Å². The standard InChI is InChI=1S/C17H19N7O3/c1-2-18-17(27)22-12-7-13(20-11-3-4-11)24-15(21-12)10(8-19-24)5-9-6-14(25)23-16(9)26/h5,7-8,11,20H,2-4,6H2,1H3,(H,23,25,26)(H2,18,21,22,27)/b9-5+. The maximum Gasteiger partial charge on any atom is 0.320 e. The van der Waals surface area contributed by atoms with E-state index < -0.39 is 5.91 Å². The number of hydrogen-bond acceptors (Lipinski definition) is 6. The average molecular weight is 369 g/mol. The lowest BCUT2D eigenvalue weighted by Gasteiger charge is -2.11. The normalized spacial score (nSPS) is 18.0. The number of imide groups is 1. The Balaban J connectivity index is 1.74. The van der Waals surface area contributed by atoms with Crippen molar-refractivity contribution in [2.24, 2.45) is 0 Å². The molecule has 2 fully saturated rings. The molecule has 2 aromatic rings. The highest BCUT2D eigenvalue weighted by molar-refractivity contribution is 6.15. The number of urea groups is 1. The number of carbonyl (C=O) groups is 3. The van der Waals surface area contributed by atoms with Gasteiger partial charge in [0.25, 0.3) is 5.91 Å². The van der Waals surface area contributed by atoms with E-state index in [1.54, 1.807) is 22.9 Å². The van der Waals surface area contributed by atoms with E-state index in [0.717, 1.165) is 12.8 Å². The topological polar surface area (TPSA) is 130 Å². The molecule has 0 radical (unpaired) electrons. The molecule has 0 unspecified atom stereocenters. The Kier molecular flexibility index (Phi) is 4.22. The largest absolute Gasteiger partial charge is 0.367 e. The molecule has 2 aromatic heterocycles. The SMILES string of the molecule is CCNC(=O)Nc1cc(NC2CC2)n2ncc(/C=C3\CC(=O)NC3=O)c2n1. The predicted molar refractivity (Wildman–Crippen MR) is 98.1 cm³/mol. The minimum Gasteiger partial charge on any atom is -0.367 e. The first kappa shape index (κ1) is 17.0. The monoisotopic (exact) mass is 369 g/mol. The molecule has 0 spiro atoms. The van der Waals surface area contributed by atoms with Gasteiger partial charge in [-0.15, -0.1) is 0 Å². The van der Waals surface area contributed by atoms with E-state index in [2.05, 4.69) is 31.3 Å². The summed E-state index contributed by atoms with van der Waals surface area (Å²) < 4.78 is 1.63. The van der Waals surface area contributed by atoms with Crippen LogP contribution in [0.15, 0.2) is 17.8 Å². The summed E-state index contributed by atoms with van der Waals surface area (Å²) >= 11 is 0. The molecule has 140 valence electrons. The van der Waals surface area contributed by atoms with Crippen LogP contribution < -0.4 is 21.3 Å². The Labute approximate surface area is 154 Å². The third-order valence-electron chi connectivity index (χ3n) is 4.23. The van der Waals surface area contributed by atoms with Crippen molar-refractivity contribution in [1.82, 2.24) is 25.2 Å². The molecule has 0 bridgehead atoms. The number of hydrogen-bond donors (Lipinski definition) is 4. The highest BCUT2D eigenvalue weighted by Crippen LogP contribution is 2.27. The lowest BCUT2D eigenvalue weighted by Crippen LogP contribution is -2.28. The number of amides is 4. The smallest absolute Gasteiger partial charge is 0.320 e. The summed E-state index contributed by atoms with van der Waals surface area (Å²) in [7, 11) is 0. The Bertz CT molecular complexity index is 974. The summed E-state index contributed by atoms with van der Waals surface area (Å²) in [5, 5.41) is 15.3. The van der Waals surface area contributed by atoms with Crippen molar-refractivity contribution in [3.05, 3.63) is 23.4 Å². The molecule has 1 aliphatic carbocycles. The third kappa shape index (κ3) is 3.59. The summed E-state index contributed by atoms with van der Waals surface area (Å²) in [6.45, 7) is 2.32. The van der Waals surface area contributed by atoms with E-state index in [0.29, 0.717) is 41.0 Å². The number of fused-ring (bicyclic) bond motifs is 1. The summed E-state index contributed by atoms with van der Waals surface area (Å²) in [5.74, 6) is 0.326. The van der Waals surface area contributed by atoms with Gasteiger partial charge in [0, 0.05) is 29.8 Å². The van der Waals surface area contributed by atoms with Crippen LogP contribution in [-0.4, -0.2) is 45.0 Å². The van der Waals surface area contributed by atoms with Crippen LogP contribution in [0.1, 0.15) is 31.7 Å². The van der Waals surface area contributed by atoms with Crippen molar-refractivity contribution >= 4 is 41.2 Å². The van der Waals surface area contributed by atoms with Gasteiger partial charge >= 0.3 is 6.03 Å². The lowest BCUT2D eigenvalue weighted by atomic mass is 10.1. The number of rotatable bonds is 5. The highest BCUT2D eigenvalue weighted by atomic mass is 16.2. The van der Waals surface area contributed by atoms with Crippen LogP contribution >= 0.6 is 0 Å². The number of anilines is 2. The Morgan fingerprint density at radius 2 is 2.22 bits per heavy atom. The van der Waals surface area contributed by atoms with E-state index in [-0.39, 0.29) is 18.4 Å². The molecule has 4 amide bonds. The van der Waals surface area contributed by atoms with Gasteiger partial charge in [0.1, 0.15) is 11.6 Å². The fourth-order valence-corrected chi connectivity index (χ4v) is 2.82. The van der Waals surface area contributed by atoms with Crippen LogP contribution in [0.25, 0.3) is 11.7 Å². The lowest BCUT2D eigenvalue weighted by molar-refractivity contribution is -0.124. The first-order valence-corrected chi connectivity index (χ1v) is 8.78. The average Bonchev–Trinajstić information content (AvgIpc) is 3.24. The first-order valence-electron chi connectivity index (χ1n) is 8.78. The fraction of sp³-hybridized carbons (Fsp3) is 0.353. The van der Waals surface area contributed by atoms with Gasteiger partial charge in [0.05, 0.1) is 12.6 Å². The van der Waals surface area contributed by atoms with Crippen molar-refractivity contribution in [2.45, 2.75) is 32.2 Å². The molecule has 3 heterocycles. The molecular weight excluding hydrogens is 350 g/mol. The molecular formula is C17H19N7O3. The van der Waals surface area contributed by atoms with Gasteiger partial charge in [-0.3, -0.25) is 20.2 Å². The van der Waals surface area contributed by atoms with E-state index in [4.69, 9.17) is 0 Å². The quantitative estimate of drug-likeness (QED) is 0.457. The number of aromatic nitrogens is 3. The first-order chi connectivity index (χ1) is 13.0. The number of nitrogens with one attached hydrogen (secondary N) is 4. The summed E-state index contributed by atoms with van der Waals surface area (Å²) in [6, 6.07) is 1.74. The molecule has 0 aromatic carbocycles. The second kappa shape index (κ2) is 6.71. The Morgan fingerprint density at radius 3 is 2.89 bits per heavy atom. The minimum absolute atomic E-state index is 0.0280. The maximum atomic E-state index is 11.9. The van der Waals surface area contributed by atoms with Gasteiger partial charge in [-0.25, -0.2) is 9.78 Å². The van der Waals surface area contributed by atoms with Crippen LogP contribution in [-0.2, 0) is 9.59 Å². The second-order valence-corrected chi connectivity index (χ2v) is 6.49. The zero-order valence-corrected chi connectivity index (χ0v) is 14.7. The molecule has 1 saturated heterocycles. The zero-order chi connectivity index (χ0) is 19.0. The fourth-order valence-electron chi connectivity index (χ4n) is 2.82. The van der Waals surface area contributed by atoms with E-state index in [1.165, 1.54) is 0 Å². The molecule has 0 atom stereocenters. The summed E-state index contributed by atoms with van der Waals surface area (Å²) in [5.41, 5.74) is 1.43. The highest BCUT2D eigenvalue weighted by Gasteiger charge is 2.25. The molecule has 1 aliphatic heterocycles. The van der Waals surface area contributed by atoms with Crippen molar-refractivity contribution in [3.63, 3.8) is 0 Å². The molecule has 4 rings (SSSR count). The van der Waals surface area contributed by atoms with E-state index >= 15 is 0 Å². The van der Waals surface area contributed by atoms with Crippen molar-refractivity contribution in [3.8, 4) is 0 Å². The van der Waals surface area contributed by atoms with Crippen molar-refractivity contribution in [2.75, 3.05) is 17.2 Å². The molecule has 1 saturated carbocycles. The maximum absolute atomic E-state index is 11.9. The van der Waals surface area contributed by atoms with Gasteiger partial charge in [-0.1, -0.05) is 0 Å².